The number of hydrogen-bond acceptors (Lipinski definition) is 3. The summed E-state index contributed by atoms with van der Waals surface area (Å²) in [7, 11) is 1.34. The van der Waals surface area contributed by atoms with Gasteiger partial charge in [-0.05, 0) is 56.4 Å². The molecule has 4 unspecified atom stereocenters. The van der Waals surface area contributed by atoms with E-state index in [4.69, 9.17) is 14.2 Å². The molecule has 1 aliphatic heterocycles. The second kappa shape index (κ2) is 12.3. The molecule has 0 aromatic heterocycles. The summed E-state index contributed by atoms with van der Waals surface area (Å²) in [4.78, 5) is 0. The van der Waals surface area contributed by atoms with E-state index in [9.17, 15) is 8.78 Å². The number of ether oxygens (including phenoxy) is 3. The molecule has 0 N–H and O–H groups in total. The molecule has 1 aliphatic rings. The van der Waals surface area contributed by atoms with Crippen LogP contribution in [-0.2, 0) is 14.2 Å². The topological polar surface area (TPSA) is 27.7 Å². The average molecular weight is 387 g/mol. The fraction of sp³-hybridized carbons (Fsp3) is 0.727. The van der Waals surface area contributed by atoms with E-state index in [1.165, 1.54) is 14.0 Å². The third-order valence-electron chi connectivity index (χ3n) is 5.33. The molecule has 1 heterocycles. The molecule has 0 spiro atoms. The van der Waals surface area contributed by atoms with Crippen LogP contribution in [0.2, 0.25) is 0 Å². The summed E-state index contributed by atoms with van der Waals surface area (Å²) in [5.41, 5.74) is 0.503. The second-order valence-electron chi connectivity index (χ2n) is 7.52. The Morgan fingerprint density at radius 1 is 1.22 bits per heavy atom. The van der Waals surface area contributed by atoms with Gasteiger partial charge < -0.3 is 14.2 Å². The van der Waals surface area contributed by atoms with Crippen molar-refractivity contribution >= 4 is 0 Å². The minimum absolute atomic E-state index is 0.0291. The fourth-order valence-corrected chi connectivity index (χ4v) is 3.23. The zero-order valence-corrected chi connectivity index (χ0v) is 17.5. The predicted molar refractivity (Wildman–Crippen MR) is 105 cm³/mol. The lowest BCUT2D eigenvalue weighted by Crippen LogP contribution is -2.28. The third kappa shape index (κ3) is 7.74. The molecule has 1 saturated heterocycles. The van der Waals surface area contributed by atoms with Crippen LogP contribution in [0, 0.1) is 17.8 Å². The number of methoxy groups -OCH3 is 1. The number of allylic oxidation sites excluding steroid dienone is 4. The SMILES string of the molecule is C=CC1CCC(OCC(C)CCC(C)/C(CC)=C(F)/C(F)=C(\C)OC)OC1. The largest absolute Gasteiger partial charge is 0.498 e. The zero-order chi connectivity index (χ0) is 20.4. The zero-order valence-electron chi connectivity index (χ0n) is 17.5. The normalized spacial score (nSPS) is 24.6. The van der Waals surface area contributed by atoms with Crippen LogP contribution in [0.3, 0.4) is 0 Å². The Bertz CT molecular complexity index is 520. The highest BCUT2D eigenvalue weighted by Crippen LogP contribution is 2.31. The summed E-state index contributed by atoms with van der Waals surface area (Å²) < 4.78 is 44.9. The summed E-state index contributed by atoms with van der Waals surface area (Å²) in [5.74, 6) is -0.986. The number of rotatable bonds is 11. The van der Waals surface area contributed by atoms with Crippen LogP contribution in [0.15, 0.2) is 35.6 Å². The standard InChI is InChI=1S/C22H36F2O3/c1-7-18-11-12-20(27-14-18)26-13-15(3)9-10-16(4)19(8-2)22(24)21(23)17(5)25-6/h7,15-16,18,20H,1,8-14H2,2-6H3/b21-17-,22-19-. The van der Waals surface area contributed by atoms with Gasteiger partial charge in [-0.15, -0.1) is 6.58 Å². The van der Waals surface area contributed by atoms with Gasteiger partial charge in [-0.1, -0.05) is 26.8 Å². The van der Waals surface area contributed by atoms with E-state index >= 15 is 0 Å². The molecule has 156 valence electrons. The molecular formula is C22H36F2O3. The maximum atomic E-state index is 14.4. The van der Waals surface area contributed by atoms with Crippen molar-refractivity contribution < 1.29 is 23.0 Å². The molecule has 1 fully saturated rings. The van der Waals surface area contributed by atoms with E-state index in [0.717, 1.165) is 25.7 Å². The quantitative estimate of drug-likeness (QED) is 0.231. The highest BCUT2D eigenvalue weighted by atomic mass is 19.2. The Morgan fingerprint density at radius 3 is 2.44 bits per heavy atom. The van der Waals surface area contributed by atoms with Gasteiger partial charge in [0.15, 0.2) is 17.9 Å². The van der Waals surface area contributed by atoms with Crippen molar-refractivity contribution in [3.8, 4) is 0 Å². The summed E-state index contributed by atoms with van der Waals surface area (Å²) in [5, 5.41) is 0. The summed E-state index contributed by atoms with van der Waals surface area (Å²) in [6, 6.07) is 0. The van der Waals surface area contributed by atoms with Crippen molar-refractivity contribution in [2.75, 3.05) is 20.3 Å². The Balaban J connectivity index is 2.47. The van der Waals surface area contributed by atoms with Crippen LogP contribution in [0.5, 0.6) is 0 Å². The Hall–Kier alpha value is -1.20. The summed E-state index contributed by atoms with van der Waals surface area (Å²) >= 11 is 0. The molecule has 0 bridgehead atoms. The van der Waals surface area contributed by atoms with Gasteiger partial charge in [0.05, 0.1) is 20.3 Å². The summed E-state index contributed by atoms with van der Waals surface area (Å²) in [6.07, 6.45) is 5.87. The van der Waals surface area contributed by atoms with E-state index < -0.39 is 11.7 Å². The number of halogens is 2. The highest BCUT2D eigenvalue weighted by Gasteiger charge is 2.22. The lowest BCUT2D eigenvalue weighted by Gasteiger charge is -2.28. The molecule has 3 nitrogen and oxygen atoms in total. The Morgan fingerprint density at radius 2 is 1.93 bits per heavy atom. The van der Waals surface area contributed by atoms with E-state index in [-0.39, 0.29) is 18.0 Å². The minimum Gasteiger partial charge on any atom is -0.498 e. The van der Waals surface area contributed by atoms with Gasteiger partial charge in [-0.25, -0.2) is 8.78 Å². The molecule has 27 heavy (non-hydrogen) atoms. The van der Waals surface area contributed by atoms with Crippen LogP contribution in [0.1, 0.15) is 59.8 Å². The minimum atomic E-state index is -0.898. The first-order valence-corrected chi connectivity index (χ1v) is 9.98. The Labute approximate surface area is 163 Å². The monoisotopic (exact) mass is 386 g/mol. The second-order valence-corrected chi connectivity index (χ2v) is 7.52. The van der Waals surface area contributed by atoms with Gasteiger partial charge in [0, 0.05) is 5.92 Å². The van der Waals surface area contributed by atoms with Crippen molar-refractivity contribution in [1.82, 2.24) is 0 Å². The van der Waals surface area contributed by atoms with Crippen molar-refractivity contribution in [2.45, 2.75) is 66.1 Å². The molecule has 0 aromatic rings. The third-order valence-corrected chi connectivity index (χ3v) is 5.33. The van der Waals surface area contributed by atoms with Gasteiger partial charge >= 0.3 is 0 Å². The van der Waals surface area contributed by atoms with E-state index in [2.05, 4.69) is 13.5 Å². The fourth-order valence-electron chi connectivity index (χ4n) is 3.23. The molecule has 0 aromatic carbocycles. The van der Waals surface area contributed by atoms with E-state index in [1.54, 1.807) is 0 Å². The van der Waals surface area contributed by atoms with Crippen LogP contribution in [0.4, 0.5) is 8.78 Å². The Kier molecular flexibility index (Phi) is 10.9. The van der Waals surface area contributed by atoms with Gasteiger partial charge in [0.2, 0.25) is 0 Å². The van der Waals surface area contributed by atoms with E-state index in [1.807, 2.05) is 19.9 Å². The van der Waals surface area contributed by atoms with Gasteiger partial charge in [-0.2, -0.15) is 0 Å². The van der Waals surface area contributed by atoms with Crippen molar-refractivity contribution in [1.29, 1.82) is 0 Å². The molecule has 5 heteroatoms. The molecule has 0 amide bonds. The number of hydrogen-bond donors (Lipinski definition) is 0. The molecule has 0 aliphatic carbocycles. The van der Waals surface area contributed by atoms with E-state index in [0.29, 0.717) is 37.0 Å². The highest BCUT2D eigenvalue weighted by molar-refractivity contribution is 5.28. The maximum absolute atomic E-state index is 14.4. The van der Waals surface area contributed by atoms with Gasteiger partial charge in [0.1, 0.15) is 5.76 Å². The molecule has 4 atom stereocenters. The van der Waals surface area contributed by atoms with Crippen molar-refractivity contribution in [3.05, 3.63) is 35.6 Å². The van der Waals surface area contributed by atoms with Gasteiger partial charge in [-0.3, -0.25) is 0 Å². The first-order chi connectivity index (χ1) is 12.8. The van der Waals surface area contributed by atoms with Crippen molar-refractivity contribution in [3.63, 3.8) is 0 Å². The first kappa shape index (κ1) is 23.8. The van der Waals surface area contributed by atoms with Crippen LogP contribution in [0.25, 0.3) is 0 Å². The summed E-state index contributed by atoms with van der Waals surface area (Å²) in [6.45, 7) is 12.4. The smallest absolute Gasteiger partial charge is 0.195 e. The van der Waals surface area contributed by atoms with Gasteiger partial charge in [0.25, 0.3) is 0 Å². The predicted octanol–water partition coefficient (Wildman–Crippen LogP) is 6.48. The average Bonchev–Trinajstić information content (AvgIpc) is 2.70. The maximum Gasteiger partial charge on any atom is 0.195 e. The molecule has 0 saturated carbocycles. The lowest BCUT2D eigenvalue weighted by molar-refractivity contribution is -0.176. The first-order valence-electron chi connectivity index (χ1n) is 9.98. The van der Waals surface area contributed by atoms with Crippen LogP contribution in [-0.4, -0.2) is 26.6 Å². The van der Waals surface area contributed by atoms with Crippen molar-refractivity contribution in [2.24, 2.45) is 17.8 Å². The lowest BCUT2D eigenvalue weighted by atomic mass is 9.90. The molecule has 1 rings (SSSR count). The molecule has 0 radical (unpaired) electrons. The van der Waals surface area contributed by atoms with Crippen LogP contribution >= 0.6 is 0 Å². The van der Waals surface area contributed by atoms with Crippen LogP contribution < -0.4 is 0 Å². The molecular weight excluding hydrogens is 350 g/mol.